The molecule has 0 heterocycles. The van der Waals surface area contributed by atoms with E-state index in [0.717, 1.165) is 19.0 Å². The van der Waals surface area contributed by atoms with Crippen molar-refractivity contribution in [3.63, 3.8) is 0 Å². The van der Waals surface area contributed by atoms with E-state index in [1.54, 1.807) is 0 Å². The van der Waals surface area contributed by atoms with Gasteiger partial charge in [-0.1, -0.05) is 44.2 Å². The molecule has 2 fully saturated rings. The molecule has 20 heavy (non-hydrogen) atoms. The third-order valence-corrected chi connectivity index (χ3v) is 6.25. The van der Waals surface area contributed by atoms with Crippen molar-refractivity contribution in [2.75, 3.05) is 13.7 Å². The maximum atomic E-state index is 5.85. The van der Waals surface area contributed by atoms with Gasteiger partial charge in [0.25, 0.3) is 0 Å². The number of fused-ring (bicyclic) bond motifs is 2. The van der Waals surface area contributed by atoms with Gasteiger partial charge in [0.2, 0.25) is 0 Å². The Morgan fingerprint density at radius 1 is 1.25 bits per heavy atom. The molecule has 3 rings (SSSR count). The Balaban J connectivity index is 1.68. The summed E-state index contributed by atoms with van der Waals surface area (Å²) < 4.78 is 5.85. The lowest BCUT2D eigenvalue weighted by Gasteiger charge is -2.42. The smallest absolute Gasteiger partial charge is 0.0647 e. The normalized spacial score (nSPS) is 34.5. The third kappa shape index (κ3) is 2.01. The van der Waals surface area contributed by atoms with Gasteiger partial charge in [-0.15, -0.1) is 0 Å². The van der Waals surface area contributed by atoms with Crippen molar-refractivity contribution in [2.45, 2.75) is 45.8 Å². The van der Waals surface area contributed by atoms with E-state index in [1.165, 1.54) is 24.8 Å². The first-order chi connectivity index (χ1) is 9.60. The van der Waals surface area contributed by atoms with Crippen LogP contribution in [0.2, 0.25) is 0 Å². The molecule has 1 N–H and O–H groups in total. The summed E-state index contributed by atoms with van der Waals surface area (Å²) >= 11 is 0. The molecule has 0 spiro atoms. The lowest BCUT2D eigenvalue weighted by Crippen LogP contribution is -2.47. The van der Waals surface area contributed by atoms with Crippen LogP contribution >= 0.6 is 0 Å². The average Bonchev–Trinajstić information content (AvgIpc) is 2.83. The van der Waals surface area contributed by atoms with Gasteiger partial charge in [-0.2, -0.15) is 0 Å². The number of hydrogen-bond acceptors (Lipinski definition) is 2. The number of ether oxygens (including phenoxy) is 1. The quantitative estimate of drug-likeness (QED) is 0.884. The summed E-state index contributed by atoms with van der Waals surface area (Å²) in [6.07, 6.45) is 4.36. The summed E-state index contributed by atoms with van der Waals surface area (Å²) in [6, 6.07) is 10.7. The first kappa shape index (κ1) is 14.1. The summed E-state index contributed by atoms with van der Waals surface area (Å²) in [7, 11) is 1.89. The van der Waals surface area contributed by atoms with E-state index in [-0.39, 0.29) is 0 Å². The molecule has 2 saturated carbocycles. The number of hydrogen-bond donors (Lipinski definition) is 1. The van der Waals surface area contributed by atoms with Crippen LogP contribution in [0.3, 0.4) is 0 Å². The second-order valence-corrected chi connectivity index (χ2v) is 7.16. The Labute approximate surface area is 122 Å². The van der Waals surface area contributed by atoms with Gasteiger partial charge >= 0.3 is 0 Å². The molecule has 2 nitrogen and oxygen atoms in total. The number of rotatable bonds is 5. The van der Waals surface area contributed by atoms with E-state index in [9.17, 15) is 0 Å². The molecule has 0 amide bonds. The van der Waals surface area contributed by atoms with Crippen molar-refractivity contribution >= 4 is 0 Å². The van der Waals surface area contributed by atoms with Gasteiger partial charge < -0.3 is 10.1 Å². The van der Waals surface area contributed by atoms with Gasteiger partial charge in [0.15, 0.2) is 0 Å². The molecular formula is C18H27NO. The molecular weight excluding hydrogens is 246 g/mol. The molecule has 1 aromatic carbocycles. The maximum absolute atomic E-state index is 5.85. The van der Waals surface area contributed by atoms with Crippen LogP contribution < -0.4 is 5.32 Å². The highest BCUT2D eigenvalue weighted by Gasteiger charge is 2.63. The first-order valence-corrected chi connectivity index (χ1v) is 7.87. The van der Waals surface area contributed by atoms with E-state index in [4.69, 9.17) is 4.74 Å². The SMILES string of the molecule is COC1CC2CCC1(CNCc1ccccc1)C2(C)C. The fourth-order valence-electron chi connectivity index (χ4n) is 4.77. The largest absolute Gasteiger partial charge is 0.381 e. The molecule has 0 saturated heterocycles. The summed E-state index contributed by atoms with van der Waals surface area (Å²) in [4.78, 5) is 0. The van der Waals surface area contributed by atoms with E-state index < -0.39 is 0 Å². The topological polar surface area (TPSA) is 21.3 Å². The zero-order valence-corrected chi connectivity index (χ0v) is 13.0. The van der Waals surface area contributed by atoms with Gasteiger partial charge in [-0.05, 0) is 36.2 Å². The van der Waals surface area contributed by atoms with Crippen molar-refractivity contribution in [2.24, 2.45) is 16.7 Å². The minimum atomic E-state index is 0.321. The summed E-state index contributed by atoms with van der Waals surface area (Å²) in [6.45, 7) is 6.94. The molecule has 2 bridgehead atoms. The molecule has 2 heteroatoms. The predicted molar refractivity (Wildman–Crippen MR) is 82.5 cm³/mol. The number of methoxy groups -OCH3 is 1. The third-order valence-electron chi connectivity index (χ3n) is 6.25. The molecule has 0 radical (unpaired) electrons. The Bertz CT molecular complexity index is 456. The van der Waals surface area contributed by atoms with Crippen molar-refractivity contribution in [1.82, 2.24) is 5.32 Å². The summed E-state index contributed by atoms with van der Waals surface area (Å²) in [5.41, 5.74) is 2.08. The fraction of sp³-hybridized carbons (Fsp3) is 0.667. The van der Waals surface area contributed by atoms with Gasteiger partial charge in [0, 0.05) is 25.6 Å². The highest BCUT2D eigenvalue weighted by Crippen LogP contribution is 2.66. The Morgan fingerprint density at radius 2 is 2.00 bits per heavy atom. The van der Waals surface area contributed by atoms with Crippen LogP contribution in [0.15, 0.2) is 30.3 Å². The number of nitrogens with one attached hydrogen (secondary N) is 1. The van der Waals surface area contributed by atoms with Gasteiger partial charge in [-0.3, -0.25) is 0 Å². The van der Waals surface area contributed by atoms with Crippen LogP contribution in [0, 0.1) is 16.7 Å². The fourth-order valence-corrected chi connectivity index (χ4v) is 4.77. The summed E-state index contributed by atoms with van der Waals surface area (Å²) in [5.74, 6) is 0.839. The van der Waals surface area contributed by atoms with Crippen molar-refractivity contribution in [1.29, 1.82) is 0 Å². The average molecular weight is 273 g/mol. The van der Waals surface area contributed by atoms with Gasteiger partial charge in [0.1, 0.15) is 0 Å². The van der Waals surface area contributed by atoms with E-state index in [1.807, 2.05) is 7.11 Å². The van der Waals surface area contributed by atoms with Gasteiger partial charge in [-0.25, -0.2) is 0 Å². The number of benzene rings is 1. The molecule has 3 unspecified atom stereocenters. The van der Waals surface area contributed by atoms with E-state index in [0.29, 0.717) is 16.9 Å². The maximum Gasteiger partial charge on any atom is 0.0647 e. The standard InChI is InChI=1S/C18H27NO/c1-17(2)15-9-10-18(17,16(11-15)20-3)13-19-12-14-7-5-4-6-8-14/h4-8,15-16,19H,9-13H2,1-3H3. The second kappa shape index (κ2) is 5.16. The minimum Gasteiger partial charge on any atom is -0.381 e. The Morgan fingerprint density at radius 3 is 2.65 bits per heavy atom. The molecule has 3 atom stereocenters. The van der Waals surface area contributed by atoms with Gasteiger partial charge in [0.05, 0.1) is 6.10 Å². The molecule has 2 aliphatic rings. The van der Waals surface area contributed by atoms with Crippen LogP contribution in [0.25, 0.3) is 0 Å². The van der Waals surface area contributed by atoms with E-state index >= 15 is 0 Å². The van der Waals surface area contributed by atoms with Crippen molar-refractivity contribution in [3.05, 3.63) is 35.9 Å². The van der Waals surface area contributed by atoms with Crippen LogP contribution in [-0.4, -0.2) is 19.8 Å². The lowest BCUT2D eigenvalue weighted by molar-refractivity contribution is -0.0319. The second-order valence-electron chi connectivity index (χ2n) is 7.16. The molecule has 110 valence electrons. The molecule has 2 aliphatic carbocycles. The zero-order chi connectivity index (χ0) is 14.2. The molecule has 0 aromatic heterocycles. The zero-order valence-electron chi connectivity index (χ0n) is 13.0. The highest BCUT2D eigenvalue weighted by molar-refractivity contribution is 5.16. The molecule has 0 aliphatic heterocycles. The van der Waals surface area contributed by atoms with Crippen LogP contribution in [0.5, 0.6) is 0 Å². The van der Waals surface area contributed by atoms with Crippen LogP contribution in [-0.2, 0) is 11.3 Å². The Kier molecular flexibility index (Phi) is 3.64. The summed E-state index contributed by atoms with van der Waals surface area (Å²) in [5, 5.41) is 3.70. The van der Waals surface area contributed by atoms with Crippen LogP contribution in [0.4, 0.5) is 0 Å². The van der Waals surface area contributed by atoms with Crippen LogP contribution in [0.1, 0.15) is 38.7 Å². The monoisotopic (exact) mass is 273 g/mol. The Hall–Kier alpha value is -0.860. The van der Waals surface area contributed by atoms with Crippen molar-refractivity contribution < 1.29 is 4.74 Å². The molecule has 1 aromatic rings. The highest BCUT2D eigenvalue weighted by atomic mass is 16.5. The van der Waals surface area contributed by atoms with E-state index in [2.05, 4.69) is 49.5 Å². The minimum absolute atomic E-state index is 0.321. The first-order valence-electron chi connectivity index (χ1n) is 7.87. The van der Waals surface area contributed by atoms with Crippen molar-refractivity contribution in [3.8, 4) is 0 Å². The predicted octanol–water partition coefficient (Wildman–Crippen LogP) is 3.62. The lowest BCUT2D eigenvalue weighted by atomic mass is 9.68.